The van der Waals surface area contributed by atoms with E-state index in [0.29, 0.717) is 0 Å². The smallest absolute Gasteiger partial charge is 0.309 e. The molecule has 10 heteroatoms. The fraction of sp³-hybridized carbons (Fsp3) is 0.0909. The number of carboxylic acid groups (broad SMARTS) is 1. The minimum Gasteiger partial charge on any atom is -0.481 e. The van der Waals surface area contributed by atoms with Crippen molar-refractivity contribution in [1.29, 1.82) is 0 Å². The van der Waals surface area contributed by atoms with Crippen LogP contribution in [-0.4, -0.2) is 24.5 Å². The van der Waals surface area contributed by atoms with E-state index in [1.54, 1.807) is 0 Å². The van der Waals surface area contributed by atoms with Crippen molar-refractivity contribution in [2.45, 2.75) is 11.3 Å². The minimum absolute atomic E-state index is 0.0217. The number of halogens is 2. The van der Waals surface area contributed by atoms with Gasteiger partial charge in [0.2, 0.25) is 0 Å². The van der Waals surface area contributed by atoms with Crippen molar-refractivity contribution in [3.8, 4) is 0 Å². The van der Waals surface area contributed by atoms with Crippen LogP contribution in [0.5, 0.6) is 0 Å². The maximum Gasteiger partial charge on any atom is 0.309 e. The van der Waals surface area contributed by atoms with Gasteiger partial charge < -0.3 is 5.11 Å². The van der Waals surface area contributed by atoms with Crippen molar-refractivity contribution in [1.82, 2.24) is 4.98 Å². The van der Waals surface area contributed by atoms with Crippen LogP contribution in [0.25, 0.3) is 0 Å². The highest BCUT2D eigenvalue weighted by Crippen LogP contribution is 2.26. The number of anilines is 1. The first-order valence-electron chi connectivity index (χ1n) is 5.42. The molecule has 0 aliphatic carbocycles. The number of nitrogens with zero attached hydrogens (tertiary/aromatic N) is 1. The number of carbonyl (C=O) groups is 1. The van der Waals surface area contributed by atoms with E-state index in [4.69, 9.17) is 16.7 Å². The number of benzene rings is 1. The predicted octanol–water partition coefficient (Wildman–Crippen LogP) is 2.36. The van der Waals surface area contributed by atoms with Crippen molar-refractivity contribution in [3.05, 3.63) is 40.1 Å². The standard InChI is InChI=1S/C11H8ClFN2O4S2/c12-8-2-1-6(13)3-9(8)21(18,19)15-11-14-7(5-20-11)4-10(16)17/h1-3,5H,4H2,(H,14,15)(H,16,17). The molecular formula is C11H8ClFN2O4S2. The molecule has 21 heavy (non-hydrogen) atoms. The molecule has 0 amide bonds. The fourth-order valence-corrected chi connectivity index (χ4v) is 3.92. The number of carboxylic acids is 1. The summed E-state index contributed by atoms with van der Waals surface area (Å²) in [7, 11) is -4.10. The van der Waals surface area contributed by atoms with E-state index in [9.17, 15) is 17.6 Å². The topological polar surface area (TPSA) is 96.4 Å². The third-order valence-corrected chi connectivity index (χ3v) is 5.04. The second-order valence-corrected chi connectivity index (χ2v) is 6.81. The molecule has 6 nitrogen and oxygen atoms in total. The zero-order valence-electron chi connectivity index (χ0n) is 10.2. The zero-order valence-corrected chi connectivity index (χ0v) is 12.6. The van der Waals surface area contributed by atoms with Crippen molar-refractivity contribution in [2.24, 2.45) is 0 Å². The van der Waals surface area contributed by atoms with Crippen LogP contribution >= 0.6 is 22.9 Å². The van der Waals surface area contributed by atoms with E-state index in [0.717, 1.165) is 29.5 Å². The largest absolute Gasteiger partial charge is 0.481 e. The molecule has 1 aromatic carbocycles. The number of rotatable bonds is 5. The highest BCUT2D eigenvalue weighted by atomic mass is 35.5. The summed E-state index contributed by atoms with van der Waals surface area (Å²) in [5, 5.41) is 9.88. The molecule has 0 aliphatic rings. The Hall–Kier alpha value is -1.71. The number of aliphatic carboxylic acids is 1. The number of sulfonamides is 1. The number of hydrogen-bond acceptors (Lipinski definition) is 5. The van der Waals surface area contributed by atoms with E-state index >= 15 is 0 Å². The average Bonchev–Trinajstić information content (AvgIpc) is 2.77. The molecule has 1 aromatic heterocycles. The first kappa shape index (κ1) is 15.7. The molecule has 0 radical (unpaired) electrons. The first-order valence-corrected chi connectivity index (χ1v) is 8.16. The van der Waals surface area contributed by atoms with Gasteiger partial charge in [0.05, 0.1) is 17.1 Å². The molecule has 0 saturated heterocycles. The SMILES string of the molecule is O=C(O)Cc1csc(NS(=O)(=O)c2cc(F)ccc2Cl)n1. The number of aromatic nitrogens is 1. The summed E-state index contributed by atoms with van der Waals surface area (Å²) in [5.74, 6) is -1.83. The molecule has 0 bridgehead atoms. The Bertz CT molecular complexity index is 791. The van der Waals surface area contributed by atoms with Gasteiger partial charge in [-0.15, -0.1) is 11.3 Å². The van der Waals surface area contributed by atoms with Gasteiger partial charge in [0.15, 0.2) is 5.13 Å². The quantitative estimate of drug-likeness (QED) is 0.862. The Morgan fingerprint density at radius 1 is 1.48 bits per heavy atom. The Balaban J connectivity index is 2.27. The van der Waals surface area contributed by atoms with Gasteiger partial charge in [0.1, 0.15) is 10.7 Å². The summed E-state index contributed by atoms with van der Waals surface area (Å²) >= 11 is 6.66. The van der Waals surface area contributed by atoms with E-state index in [1.165, 1.54) is 5.38 Å². The van der Waals surface area contributed by atoms with Crippen molar-refractivity contribution in [3.63, 3.8) is 0 Å². The summed E-state index contributed by atoms with van der Waals surface area (Å²) in [4.78, 5) is 13.9. The van der Waals surface area contributed by atoms with Crippen LogP contribution in [0.2, 0.25) is 5.02 Å². The molecule has 2 aromatic rings. The third kappa shape index (κ3) is 3.90. The van der Waals surface area contributed by atoms with E-state index in [1.807, 2.05) is 0 Å². The molecule has 0 aliphatic heterocycles. The Labute approximate surface area is 128 Å². The van der Waals surface area contributed by atoms with Crippen LogP contribution < -0.4 is 4.72 Å². The molecule has 0 spiro atoms. The van der Waals surface area contributed by atoms with E-state index in [-0.39, 0.29) is 22.3 Å². The Morgan fingerprint density at radius 3 is 2.86 bits per heavy atom. The molecule has 0 atom stereocenters. The van der Waals surface area contributed by atoms with E-state index in [2.05, 4.69) is 9.71 Å². The van der Waals surface area contributed by atoms with Gasteiger partial charge in [-0.1, -0.05) is 11.6 Å². The lowest BCUT2D eigenvalue weighted by Crippen LogP contribution is -2.13. The fourth-order valence-electron chi connectivity index (χ4n) is 1.44. The van der Waals surface area contributed by atoms with Crippen molar-refractivity contribution in [2.75, 3.05) is 4.72 Å². The molecule has 0 unspecified atom stereocenters. The lowest BCUT2D eigenvalue weighted by atomic mass is 10.3. The van der Waals surface area contributed by atoms with Gasteiger partial charge in [0.25, 0.3) is 10.0 Å². The summed E-state index contributed by atoms with van der Waals surface area (Å²) in [6.45, 7) is 0. The number of hydrogen-bond donors (Lipinski definition) is 2. The first-order chi connectivity index (χ1) is 9.78. The van der Waals surface area contributed by atoms with Crippen molar-refractivity contribution < 1.29 is 22.7 Å². The lowest BCUT2D eigenvalue weighted by Gasteiger charge is -2.06. The third-order valence-electron chi connectivity index (χ3n) is 2.29. The van der Waals surface area contributed by atoms with Crippen molar-refractivity contribution >= 4 is 44.1 Å². The lowest BCUT2D eigenvalue weighted by molar-refractivity contribution is -0.136. The number of thiazole rings is 1. The molecule has 0 saturated carbocycles. The molecule has 112 valence electrons. The maximum atomic E-state index is 13.1. The van der Waals surface area contributed by atoms with Crippen LogP contribution in [0.3, 0.4) is 0 Å². The average molecular weight is 351 g/mol. The van der Waals surface area contributed by atoms with Crippen LogP contribution in [0.15, 0.2) is 28.5 Å². The second-order valence-electron chi connectivity index (χ2n) is 3.89. The Kier molecular flexibility index (Phi) is 4.45. The van der Waals surface area contributed by atoms with Gasteiger partial charge in [-0.05, 0) is 18.2 Å². The second kappa shape index (κ2) is 5.96. The molecular weight excluding hydrogens is 343 g/mol. The molecule has 2 N–H and O–H groups in total. The maximum absolute atomic E-state index is 13.1. The highest BCUT2D eigenvalue weighted by Gasteiger charge is 2.20. The van der Waals surface area contributed by atoms with Gasteiger partial charge in [0, 0.05) is 5.38 Å². The van der Waals surface area contributed by atoms with Gasteiger partial charge >= 0.3 is 5.97 Å². The van der Waals surface area contributed by atoms with Gasteiger partial charge in [-0.25, -0.2) is 17.8 Å². The minimum atomic E-state index is -4.10. The van der Waals surface area contributed by atoms with Crippen LogP contribution in [0, 0.1) is 5.82 Å². The van der Waals surface area contributed by atoms with Gasteiger partial charge in [-0.2, -0.15) is 0 Å². The summed E-state index contributed by atoms with van der Waals surface area (Å²) in [6, 6.07) is 2.95. The van der Waals surface area contributed by atoms with Crippen LogP contribution in [0.4, 0.5) is 9.52 Å². The summed E-state index contributed by atoms with van der Waals surface area (Å²) in [6.07, 6.45) is -0.320. The monoisotopic (exact) mass is 350 g/mol. The molecule has 2 rings (SSSR count). The summed E-state index contributed by atoms with van der Waals surface area (Å²) < 4.78 is 39.5. The Morgan fingerprint density at radius 2 is 2.19 bits per heavy atom. The van der Waals surface area contributed by atoms with Crippen LogP contribution in [-0.2, 0) is 21.2 Å². The highest BCUT2D eigenvalue weighted by molar-refractivity contribution is 7.93. The van der Waals surface area contributed by atoms with Gasteiger partial charge in [-0.3, -0.25) is 9.52 Å². The molecule has 0 fully saturated rings. The normalized spacial score (nSPS) is 11.3. The predicted molar refractivity (Wildman–Crippen MR) is 75.7 cm³/mol. The zero-order chi connectivity index (χ0) is 15.6. The molecule has 1 heterocycles. The van der Waals surface area contributed by atoms with E-state index < -0.39 is 26.7 Å². The van der Waals surface area contributed by atoms with Crippen LogP contribution in [0.1, 0.15) is 5.69 Å². The summed E-state index contributed by atoms with van der Waals surface area (Å²) in [5.41, 5.74) is 0.218. The number of nitrogens with one attached hydrogen (secondary N) is 1.